The van der Waals surface area contributed by atoms with E-state index in [1.165, 1.54) is 24.4 Å². The Kier molecular flexibility index (Phi) is 4.05. The maximum absolute atomic E-state index is 13.7. The number of carbonyl (C=O) groups excluding carboxylic acids is 1. The second-order valence-corrected chi connectivity index (χ2v) is 6.43. The maximum atomic E-state index is 13.7. The number of hydrogen-bond donors (Lipinski definition) is 1. The van der Waals surface area contributed by atoms with Crippen LogP contribution in [0.25, 0.3) is 5.69 Å². The number of rotatable bonds is 2. The summed E-state index contributed by atoms with van der Waals surface area (Å²) in [7, 11) is 0. The molecule has 2 aromatic heterocycles. The number of carbonyl (C=O) groups is 1. The average molecular weight is 393 g/mol. The number of nitrogens with one attached hydrogen (secondary N) is 1. The Morgan fingerprint density at radius 2 is 2.15 bits per heavy atom. The van der Waals surface area contributed by atoms with Crippen LogP contribution in [0.4, 0.5) is 10.1 Å². The van der Waals surface area contributed by atoms with Gasteiger partial charge in [-0.2, -0.15) is 0 Å². The number of aromatic nitrogens is 3. The van der Waals surface area contributed by atoms with Gasteiger partial charge in [0.15, 0.2) is 5.69 Å². The van der Waals surface area contributed by atoms with Gasteiger partial charge < -0.3 is 10.1 Å². The largest absolute Gasteiger partial charge is 0.485 e. The van der Waals surface area contributed by atoms with Gasteiger partial charge >= 0.3 is 0 Å². The number of aryl methyl sites for hydroxylation is 1. The monoisotopic (exact) mass is 392 g/mol. The molecule has 1 aliphatic rings. The van der Waals surface area contributed by atoms with Gasteiger partial charge in [0, 0.05) is 18.0 Å². The third kappa shape index (κ3) is 2.79. The molecule has 0 bridgehead atoms. The van der Waals surface area contributed by atoms with Crippen molar-refractivity contribution >= 4 is 34.8 Å². The first-order valence-corrected chi connectivity index (χ1v) is 8.33. The van der Waals surface area contributed by atoms with Gasteiger partial charge in [0.05, 0.1) is 16.4 Å². The van der Waals surface area contributed by atoms with Crippen LogP contribution < -0.4 is 10.1 Å². The molecular weight excluding hydrogens is 382 g/mol. The highest BCUT2D eigenvalue weighted by Gasteiger charge is 2.28. The Hall–Kier alpha value is -2.64. The highest BCUT2D eigenvalue weighted by atomic mass is 35.5. The Morgan fingerprint density at radius 1 is 1.35 bits per heavy atom. The molecule has 132 valence electrons. The number of hydrogen-bond acceptors (Lipinski definition) is 4. The molecular formula is C17H11Cl2FN4O2. The normalized spacial score (nSPS) is 12.2. The molecule has 1 amide bonds. The summed E-state index contributed by atoms with van der Waals surface area (Å²) in [5.41, 5.74) is 1.79. The predicted molar refractivity (Wildman–Crippen MR) is 94.8 cm³/mol. The van der Waals surface area contributed by atoms with Gasteiger partial charge in [-0.05, 0) is 25.1 Å². The van der Waals surface area contributed by atoms with E-state index in [9.17, 15) is 9.18 Å². The van der Waals surface area contributed by atoms with Crippen molar-refractivity contribution in [1.29, 1.82) is 0 Å². The van der Waals surface area contributed by atoms with Crippen LogP contribution in [0.1, 0.15) is 22.0 Å². The third-order valence-corrected chi connectivity index (χ3v) is 4.44. The molecule has 3 heterocycles. The Morgan fingerprint density at radius 3 is 2.92 bits per heavy atom. The van der Waals surface area contributed by atoms with Crippen LogP contribution in [0.5, 0.6) is 5.75 Å². The summed E-state index contributed by atoms with van der Waals surface area (Å²) in [4.78, 5) is 20.9. The molecule has 0 radical (unpaired) electrons. The molecule has 4 rings (SSSR count). The summed E-state index contributed by atoms with van der Waals surface area (Å²) in [6.07, 6.45) is 1.49. The molecule has 1 aromatic carbocycles. The molecule has 6 nitrogen and oxygen atoms in total. The van der Waals surface area contributed by atoms with E-state index in [1.807, 2.05) is 0 Å². The fourth-order valence-corrected chi connectivity index (χ4v) is 3.17. The first kappa shape index (κ1) is 16.8. The smallest absolute Gasteiger partial charge is 0.276 e. The second kappa shape index (κ2) is 6.26. The van der Waals surface area contributed by atoms with E-state index in [-0.39, 0.29) is 22.5 Å². The van der Waals surface area contributed by atoms with E-state index in [1.54, 1.807) is 17.6 Å². The molecule has 0 unspecified atom stereocenters. The quantitative estimate of drug-likeness (QED) is 0.664. The van der Waals surface area contributed by atoms with Gasteiger partial charge in [-0.3, -0.25) is 9.36 Å². The van der Waals surface area contributed by atoms with Gasteiger partial charge in [-0.25, -0.2) is 14.4 Å². The van der Waals surface area contributed by atoms with E-state index >= 15 is 0 Å². The van der Waals surface area contributed by atoms with Crippen molar-refractivity contribution in [3.8, 4) is 11.4 Å². The van der Waals surface area contributed by atoms with Crippen LogP contribution in [0, 0.1) is 12.7 Å². The summed E-state index contributed by atoms with van der Waals surface area (Å²) >= 11 is 11.7. The number of anilines is 1. The van der Waals surface area contributed by atoms with Gasteiger partial charge in [-0.15, -0.1) is 0 Å². The summed E-state index contributed by atoms with van der Waals surface area (Å²) in [5.74, 6) is -0.0820. The molecule has 0 saturated carbocycles. The van der Waals surface area contributed by atoms with Crippen LogP contribution in [0.3, 0.4) is 0 Å². The van der Waals surface area contributed by atoms with Crippen LogP contribution in [-0.4, -0.2) is 20.4 Å². The van der Waals surface area contributed by atoms with Crippen LogP contribution in [-0.2, 0) is 6.61 Å². The van der Waals surface area contributed by atoms with E-state index in [4.69, 9.17) is 27.9 Å². The standard InChI is InChI=1S/C17H11Cl2FN4O2/c1-8-22-16(17(25)23-9-2-3-21-15(19)4-9)13-7-26-14-6-11(20)10(18)5-12(14)24(8)13/h2-6H,7H2,1H3,(H,21,23,25). The van der Waals surface area contributed by atoms with Crippen molar-refractivity contribution in [3.05, 3.63) is 63.7 Å². The zero-order chi connectivity index (χ0) is 18.4. The zero-order valence-corrected chi connectivity index (χ0v) is 14.9. The van der Waals surface area contributed by atoms with Crippen molar-refractivity contribution < 1.29 is 13.9 Å². The van der Waals surface area contributed by atoms with Gasteiger partial charge in [0.2, 0.25) is 0 Å². The number of fused-ring (bicyclic) bond motifs is 3. The van der Waals surface area contributed by atoms with Gasteiger partial charge in [0.1, 0.15) is 29.2 Å². The third-order valence-electron chi connectivity index (χ3n) is 3.95. The molecule has 0 spiro atoms. The Bertz CT molecular complexity index is 1050. The number of halogens is 3. The summed E-state index contributed by atoms with van der Waals surface area (Å²) in [6.45, 7) is 1.82. The Labute approximate surface area is 157 Å². The average Bonchev–Trinajstić information content (AvgIpc) is 2.93. The molecule has 0 saturated heterocycles. The van der Waals surface area contributed by atoms with Crippen molar-refractivity contribution in [2.24, 2.45) is 0 Å². The summed E-state index contributed by atoms with van der Waals surface area (Å²) in [6, 6.07) is 5.82. The topological polar surface area (TPSA) is 69.0 Å². The van der Waals surface area contributed by atoms with E-state index in [0.717, 1.165) is 0 Å². The minimum Gasteiger partial charge on any atom is -0.485 e. The molecule has 1 aliphatic heterocycles. The first-order valence-electron chi connectivity index (χ1n) is 7.57. The Balaban J connectivity index is 1.75. The van der Waals surface area contributed by atoms with Crippen molar-refractivity contribution in [2.45, 2.75) is 13.5 Å². The minimum atomic E-state index is -0.570. The lowest BCUT2D eigenvalue weighted by atomic mass is 10.2. The zero-order valence-electron chi connectivity index (χ0n) is 13.4. The minimum absolute atomic E-state index is 0.0364. The van der Waals surface area contributed by atoms with Crippen LogP contribution in [0.15, 0.2) is 30.5 Å². The van der Waals surface area contributed by atoms with Crippen LogP contribution >= 0.6 is 23.2 Å². The number of benzene rings is 1. The van der Waals surface area contributed by atoms with E-state index < -0.39 is 11.7 Å². The fourth-order valence-electron chi connectivity index (χ4n) is 2.84. The van der Waals surface area contributed by atoms with E-state index in [2.05, 4.69) is 15.3 Å². The fraction of sp³-hybridized carbons (Fsp3) is 0.118. The molecule has 9 heteroatoms. The number of ether oxygens (including phenoxy) is 1. The first-order chi connectivity index (χ1) is 12.4. The number of amides is 1. The lowest BCUT2D eigenvalue weighted by Gasteiger charge is -2.21. The predicted octanol–water partition coefficient (Wildman–Crippen LogP) is 4.17. The summed E-state index contributed by atoms with van der Waals surface area (Å²) < 4.78 is 21.0. The second-order valence-electron chi connectivity index (χ2n) is 5.63. The van der Waals surface area contributed by atoms with Gasteiger partial charge in [-0.1, -0.05) is 23.2 Å². The molecule has 0 fully saturated rings. The van der Waals surface area contributed by atoms with E-state index in [0.29, 0.717) is 28.6 Å². The molecule has 3 aromatic rings. The number of pyridine rings is 1. The van der Waals surface area contributed by atoms with Crippen molar-refractivity contribution in [2.75, 3.05) is 5.32 Å². The molecule has 0 aliphatic carbocycles. The van der Waals surface area contributed by atoms with Crippen molar-refractivity contribution in [1.82, 2.24) is 14.5 Å². The lowest BCUT2D eigenvalue weighted by molar-refractivity contribution is 0.101. The molecule has 0 atom stereocenters. The number of nitrogens with zero attached hydrogens (tertiary/aromatic N) is 3. The van der Waals surface area contributed by atoms with Crippen molar-refractivity contribution in [3.63, 3.8) is 0 Å². The maximum Gasteiger partial charge on any atom is 0.276 e. The SMILES string of the molecule is Cc1nc(C(=O)Nc2ccnc(Cl)c2)c2n1-c1cc(Cl)c(F)cc1OC2. The lowest BCUT2D eigenvalue weighted by Crippen LogP contribution is -2.19. The molecule has 1 N–H and O–H groups in total. The highest BCUT2D eigenvalue weighted by Crippen LogP contribution is 2.36. The van der Waals surface area contributed by atoms with Gasteiger partial charge in [0.25, 0.3) is 5.91 Å². The molecule has 26 heavy (non-hydrogen) atoms. The van der Waals surface area contributed by atoms with Crippen LogP contribution in [0.2, 0.25) is 10.2 Å². The number of imidazole rings is 1. The summed E-state index contributed by atoms with van der Waals surface area (Å²) in [5, 5.41) is 2.95. The highest BCUT2D eigenvalue weighted by molar-refractivity contribution is 6.31.